The minimum atomic E-state index is -0.255. The Bertz CT molecular complexity index is 735. The number of nitrogens with one attached hydrogen (secondary N) is 2. The molecule has 0 saturated carbocycles. The Kier molecular flexibility index (Phi) is 3.69. The van der Waals surface area contributed by atoms with Crippen LogP contribution in [0.15, 0.2) is 54.6 Å². The molecule has 0 aliphatic carbocycles. The molecule has 1 heterocycles. The smallest absolute Gasteiger partial charge is 0.132 e. The van der Waals surface area contributed by atoms with E-state index < -0.39 is 0 Å². The van der Waals surface area contributed by atoms with Crippen LogP contribution >= 0.6 is 0 Å². The first kappa shape index (κ1) is 13.4. The summed E-state index contributed by atoms with van der Waals surface area (Å²) in [7, 11) is 0. The van der Waals surface area contributed by atoms with Crippen molar-refractivity contribution >= 4 is 5.69 Å². The monoisotopic (exact) mass is 281 g/mol. The van der Waals surface area contributed by atoms with Crippen molar-refractivity contribution in [1.29, 1.82) is 0 Å². The number of halogens is 1. The highest BCUT2D eigenvalue weighted by Gasteiger charge is 2.12. The standard InChI is InChI=1S/C17H16FN3/c1-12-17(14-9-5-6-10-15(14)18)21-16(20-12)11-19-13-7-3-2-4-8-13/h2-10,19H,11H2,1H3,(H,20,21). The third kappa shape index (κ3) is 2.94. The Hall–Kier alpha value is -2.62. The zero-order valence-electron chi connectivity index (χ0n) is 11.7. The highest BCUT2D eigenvalue weighted by Crippen LogP contribution is 2.24. The third-order valence-corrected chi connectivity index (χ3v) is 3.30. The second kappa shape index (κ2) is 5.79. The fraction of sp³-hybridized carbons (Fsp3) is 0.118. The van der Waals surface area contributed by atoms with Gasteiger partial charge in [-0.2, -0.15) is 0 Å². The molecule has 3 rings (SSSR count). The highest BCUT2D eigenvalue weighted by atomic mass is 19.1. The van der Waals surface area contributed by atoms with Crippen LogP contribution in [0.4, 0.5) is 10.1 Å². The molecule has 3 aromatic rings. The van der Waals surface area contributed by atoms with E-state index in [0.29, 0.717) is 17.8 Å². The summed E-state index contributed by atoms with van der Waals surface area (Å²) in [5.41, 5.74) is 3.08. The molecule has 3 nitrogen and oxygen atoms in total. The number of benzene rings is 2. The predicted molar refractivity (Wildman–Crippen MR) is 82.5 cm³/mol. The van der Waals surface area contributed by atoms with Gasteiger partial charge in [-0.05, 0) is 31.2 Å². The first-order chi connectivity index (χ1) is 10.2. The predicted octanol–water partition coefficient (Wildman–Crippen LogP) is 4.14. The van der Waals surface area contributed by atoms with E-state index in [2.05, 4.69) is 15.3 Å². The number of nitrogens with zero attached hydrogens (tertiary/aromatic N) is 1. The number of aromatic nitrogens is 2. The van der Waals surface area contributed by atoms with Gasteiger partial charge in [0.05, 0.1) is 12.2 Å². The normalized spacial score (nSPS) is 10.6. The molecule has 0 atom stereocenters. The summed E-state index contributed by atoms with van der Waals surface area (Å²) in [4.78, 5) is 7.70. The fourth-order valence-corrected chi connectivity index (χ4v) is 2.26. The molecule has 0 radical (unpaired) electrons. The van der Waals surface area contributed by atoms with E-state index in [-0.39, 0.29) is 5.82 Å². The van der Waals surface area contributed by atoms with E-state index in [0.717, 1.165) is 17.2 Å². The maximum Gasteiger partial charge on any atom is 0.132 e. The zero-order valence-corrected chi connectivity index (χ0v) is 11.7. The Labute approximate surface area is 122 Å². The van der Waals surface area contributed by atoms with E-state index in [1.165, 1.54) is 6.07 Å². The Morgan fingerprint density at radius 3 is 2.52 bits per heavy atom. The molecule has 0 spiro atoms. The lowest BCUT2D eigenvalue weighted by Gasteiger charge is -2.03. The number of hydrogen-bond acceptors (Lipinski definition) is 2. The fourth-order valence-electron chi connectivity index (χ4n) is 2.26. The van der Waals surface area contributed by atoms with Gasteiger partial charge >= 0.3 is 0 Å². The summed E-state index contributed by atoms with van der Waals surface area (Å²) in [5.74, 6) is 0.532. The molecule has 0 unspecified atom stereocenters. The van der Waals surface area contributed by atoms with Gasteiger partial charge in [0.15, 0.2) is 0 Å². The molecule has 0 bridgehead atoms. The van der Waals surface area contributed by atoms with Crippen molar-refractivity contribution in [3.63, 3.8) is 0 Å². The van der Waals surface area contributed by atoms with Crippen LogP contribution in [0.3, 0.4) is 0 Å². The van der Waals surface area contributed by atoms with Gasteiger partial charge in [-0.25, -0.2) is 9.37 Å². The first-order valence-electron chi connectivity index (χ1n) is 6.83. The van der Waals surface area contributed by atoms with E-state index in [1.54, 1.807) is 12.1 Å². The SMILES string of the molecule is Cc1[nH]c(CNc2ccccc2)nc1-c1ccccc1F. The summed E-state index contributed by atoms with van der Waals surface area (Å²) in [6, 6.07) is 16.6. The molecule has 106 valence electrons. The molecule has 1 aromatic heterocycles. The molecule has 2 aromatic carbocycles. The Morgan fingerprint density at radius 2 is 1.76 bits per heavy atom. The number of aromatic amines is 1. The van der Waals surface area contributed by atoms with Crippen LogP contribution in [0.2, 0.25) is 0 Å². The molecule has 4 heteroatoms. The van der Waals surface area contributed by atoms with Crippen LogP contribution in [0, 0.1) is 12.7 Å². The molecule has 0 aliphatic rings. The minimum Gasteiger partial charge on any atom is -0.378 e. The molecule has 0 fully saturated rings. The topological polar surface area (TPSA) is 40.7 Å². The van der Waals surface area contributed by atoms with Gasteiger partial charge in [-0.1, -0.05) is 30.3 Å². The van der Waals surface area contributed by atoms with Crippen molar-refractivity contribution in [1.82, 2.24) is 9.97 Å². The number of para-hydroxylation sites is 1. The summed E-state index contributed by atoms with van der Waals surface area (Å²) in [6.45, 7) is 2.47. The third-order valence-electron chi connectivity index (χ3n) is 3.30. The van der Waals surface area contributed by atoms with Gasteiger partial charge in [-0.15, -0.1) is 0 Å². The molecule has 0 amide bonds. The van der Waals surface area contributed by atoms with Crippen molar-refractivity contribution < 1.29 is 4.39 Å². The van der Waals surface area contributed by atoms with Gasteiger partial charge in [-0.3, -0.25) is 0 Å². The zero-order chi connectivity index (χ0) is 14.7. The molecule has 2 N–H and O–H groups in total. The maximum atomic E-state index is 13.8. The van der Waals surface area contributed by atoms with Gasteiger partial charge in [0.1, 0.15) is 11.6 Å². The van der Waals surface area contributed by atoms with Gasteiger partial charge in [0, 0.05) is 16.9 Å². The van der Waals surface area contributed by atoms with Crippen molar-refractivity contribution in [3.05, 3.63) is 71.9 Å². The van der Waals surface area contributed by atoms with Crippen LogP contribution in [0.25, 0.3) is 11.3 Å². The van der Waals surface area contributed by atoms with Crippen LogP contribution < -0.4 is 5.32 Å². The van der Waals surface area contributed by atoms with Gasteiger partial charge < -0.3 is 10.3 Å². The molecular weight excluding hydrogens is 265 g/mol. The number of imidazole rings is 1. The van der Waals surface area contributed by atoms with Crippen LogP contribution in [0.1, 0.15) is 11.5 Å². The average Bonchev–Trinajstić information content (AvgIpc) is 2.88. The van der Waals surface area contributed by atoms with E-state index in [1.807, 2.05) is 43.3 Å². The maximum absolute atomic E-state index is 13.8. The molecule has 21 heavy (non-hydrogen) atoms. The van der Waals surface area contributed by atoms with Gasteiger partial charge in [0.25, 0.3) is 0 Å². The highest BCUT2D eigenvalue weighted by molar-refractivity contribution is 5.62. The van der Waals surface area contributed by atoms with E-state index in [4.69, 9.17) is 0 Å². The van der Waals surface area contributed by atoms with Crippen LogP contribution in [-0.4, -0.2) is 9.97 Å². The number of anilines is 1. The lowest BCUT2D eigenvalue weighted by atomic mass is 10.1. The van der Waals surface area contributed by atoms with E-state index in [9.17, 15) is 4.39 Å². The molecule has 0 aliphatic heterocycles. The lowest BCUT2D eigenvalue weighted by molar-refractivity contribution is 0.630. The average molecular weight is 281 g/mol. The lowest BCUT2D eigenvalue weighted by Crippen LogP contribution is -2.00. The second-order valence-corrected chi connectivity index (χ2v) is 4.86. The first-order valence-corrected chi connectivity index (χ1v) is 6.83. The number of hydrogen-bond donors (Lipinski definition) is 2. The van der Waals surface area contributed by atoms with Crippen LogP contribution in [-0.2, 0) is 6.54 Å². The van der Waals surface area contributed by atoms with Crippen molar-refractivity contribution in [3.8, 4) is 11.3 Å². The second-order valence-electron chi connectivity index (χ2n) is 4.86. The Morgan fingerprint density at radius 1 is 1.05 bits per heavy atom. The Balaban J connectivity index is 1.80. The summed E-state index contributed by atoms with van der Waals surface area (Å²) < 4.78 is 13.8. The van der Waals surface area contributed by atoms with Crippen molar-refractivity contribution in [2.24, 2.45) is 0 Å². The number of aryl methyl sites for hydroxylation is 1. The quantitative estimate of drug-likeness (QED) is 0.754. The van der Waals surface area contributed by atoms with Crippen molar-refractivity contribution in [2.45, 2.75) is 13.5 Å². The minimum absolute atomic E-state index is 0.255. The molecule has 0 saturated heterocycles. The van der Waals surface area contributed by atoms with Gasteiger partial charge in [0.2, 0.25) is 0 Å². The largest absolute Gasteiger partial charge is 0.378 e. The summed E-state index contributed by atoms with van der Waals surface area (Å²) >= 11 is 0. The number of rotatable bonds is 4. The summed E-state index contributed by atoms with van der Waals surface area (Å²) in [5, 5.41) is 3.28. The van der Waals surface area contributed by atoms with E-state index >= 15 is 0 Å². The summed E-state index contributed by atoms with van der Waals surface area (Å²) in [6.07, 6.45) is 0. The number of H-pyrrole nitrogens is 1. The van der Waals surface area contributed by atoms with Crippen molar-refractivity contribution in [2.75, 3.05) is 5.32 Å². The van der Waals surface area contributed by atoms with Crippen LogP contribution in [0.5, 0.6) is 0 Å². The molecular formula is C17H16FN3.